The Kier molecular flexibility index (Phi) is 3.23. The third kappa shape index (κ3) is 2.41. The van der Waals surface area contributed by atoms with E-state index in [-0.39, 0.29) is 11.7 Å². The monoisotopic (exact) mass is 180 g/mol. The topological polar surface area (TPSA) is 34.9 Å². The van der Waals surface area contributed by atoms with Crippen LogP contribution in [0.3, 0.4) is 0 Å². The van der Waals surface area contributed by atoms with Crippen LogP contribution in [0.25, 0.3) is 0 Å². The molecule has 0 spiro atoms. The number of nitrogens with zero attached hydrogens (tertiary/aromatic N) is 2. The van der Waals surface area contributed by atoms with Crippen molar-refractivity contribution in [2.75, 3.05) is 0 Å². The van der Waals surface area contributed by atoms with Crippen LogP contribution in [0.15, 0.2) is 12.4 Å². The highest BCUT2D eigenvalue weighted by molar-refractivity contribution is 5.80. The summed E-state index contributed by atoms with van der Waals surface area (Å²) in [6.45, 7) is 6.34. The van der Waals surface area contributed by atoms with Gasteiger partial charge >= 0.3 is 0 Å². The quantitative estimate of drug-likeness (QED) is 0.706. The Morgan fingerprint density at radius 1 is 1.62 bits per heavy atom. The number of carbonyl (C=O) groups is 1. The third-order valence-electron chi connectivity index (χ3n) is 2.09. The van der Waals surface area contributed by atoms with Gasteiger partial charge in [-0.15, -0.1) is 0 Å². The molecule has 0 aliphatic heterocycles. The maximum Gasteiger partial charge on any atom is 0.155 e. The summed E-state index contributed by atoms with van der Waals surface area (Å²) in [4.78, 5) is 15.6. The van der Waals surface area contributed by atoms with Crippen LogP contribution in [0.1, 0.15) is 26.6 Å². The van der Waals surface area contributed by atoms with Crippen LogP contribution < -0.4 is 0 Å². The molecule has 0 aliphatic rings. The second-order valence-corrected chi connectivity index (χ2v) is 3.45. The zero-order valence-corrected chi connectivity index (χ0v) is 8.45. The molecular weight excluding hydrogens is 164 g/mol. The van der Waals surface area contributed by atoms with E-state index in [4.69, 9.17) is 0 Å². The molecule has 72 valence electrons. The van der Waals surface area contributed by atoms with Gasteiger partial charge in [-0.1, -0.05) is 20.8 Å². The van der Waals surface area contributed by atoms with Gasteiger partial charge in [0, 0.05) is 24.7 Å². The molecule has 0 aliphatic carbocycles. The van der Waals surface area contributed by atoms with Crippen molar-refractivity contribution in [2.45, 2.75) is 33.7 Å². The lowest BCUT2D eigenvalue weighted by Crippen LogP contribution is -2.16. The Labute approximate surface area is 78.8 Å². The summed E-state index contributed by atoms with van der Waals surface area (Å²) >= 11 is 0. The largest absolute Gasteiger partial charge is 0.328 e. The van der Waals surface area contributed by atoms with E-state index in [9.17, 15) is 4.79 Å². The van der Waals surface area contributed by atoms with Crippen molar-refractivity contribution in [2.24, 2.45) is 5.92 Å². The van der Waals surface area contributed by atoms with Crippen LogP contribution >= 0.6 is 0 Å². The second kappa shape index (κ2) is 4.21. The molecule has 3 heteroatoms. The van der Waals surface area contributed by atoms with Gasteiger partial charge in [-0.3, -0.25) is 4.79 Å². The number of aryl methyl sites for hydroxylation is 1. The van der Waals surface area contributed by atoms with Gasteiger partial charge in [-0.05, 0) is 0 Å². The van der Waals surface area contributed by atoms with E-state index in [1.165, 1.54) is 0 Å². The first kappa shape index (κ1) is 9.96. The highest BCUT2D eigenvalue weighted by Crippen LogP contribution is 2.02. The molecule has 0 aromatic carbocycles. The molecule has 1 rings (SSSR count). The highest BCUT2D eigenvalue weighted by atomic mass is 16.1. The zero-order valence-electron chi connectivity index (χ0n) is 8.45. The van der Waals surface area contributed by atoms with Gasteiger partial charge in [-0.2, -0.15) is 0 Å². The van der Waals surface area contributed by atoms with Gasteiger partial charge in [0.05, 0.1) is 6.54 Å². The minimum absolute atomic E-state index is 0.104. The number of hydrogen-bond donors (Lipinski definition) is 0. The van der Waals surface area contributed by atoms with Gasteiger partial charge in [0.2, 0.25) is 0 Å². The number of rotatable bonds is 4. The van der Waals surface area contributed by atoms with E-state index in [0.717, 1.165) is 12.2 Å². The molecule has 3 nitrogen and oxygen atoms in total. The van der Waals surface area contributed by atoms with Crippen molar-refractivity contribution >= 4 is 5.78 Å². The molecule has 0 N–H and O–H groups in total. The summed E-state index contributed by atoms with van der Waals surface area (Å²) in [6, 6.07) is 0. The molecule has 0 unspecified atom stereocenters. The molecule has 1 aromatic rings. The zero-order chi connectivity index (χ0) is 9.84. The Hall–Kier alpha value is -1.12. The lowest BCUT2D eigenvalue weighted by Gasteiger charge is -2.07. The fourth-order valence-corrected chi connectivity index (χ4v) is 1.15. The summed E-state index contributed by atoms with van der Waals surface area (Å²) in [5.74, 6) is 1.34. The molecule has 0 saturated carbocycles. The number of ketones is 1. The van der Waals surface area contributed by atoms with Crippen LogP contribution in [0, 0.1) is 5.92 Å². The van der Waals surface area contributed by atoms with Crippen molar-refractivity contribution in [3.63, 3.8) is 0 Å². The SMILES string of the molecule is CCc1nccn1CC(=O)C(C)C. The fraction of sp³-hybridized carbons (Fsp3) is 0.600. The number of imidazole rings is 1. The minimum atomic E-state index is 0.104. The Morgan fingerprint density at radius 3 is 2.85 bits per heavy atom. The first-order valence-electron chi connectivity index (χ1n) is 4.67. The summed E-state index contributed by atoms with van der Waals surface area (Å²) in [6.07, 6.45) is 4.48. The summed E-state index contributed by atoms with van der Waals surface area (Å²) < 4.78 is 1.92. The van der Waals surface area contributed by atoms with E-state index in [0.29, 0.717) is 6.54 Å². The Morgan fingerprint density at radius 2 is 2.31 bits per heavy atom. The number of hydrogen-bond acceptors (Lipinski definition) is 2. The molecular formula is C10H16N2O. The van der Waals surface area contributed by atoms with Crippen LogP contribution in [0.4, 0.5) is 0 Å². The van der Waals surface area contributed by atoms with Gasteiger partial charge in [-0.25, -0.2) is 4.98 Å². The summed E-state index contributed by atoms with van der Waals surface area (Å²) in [7, 11) is 0. The van der Waals surface area contributed by atoms with Crippen LogP contribution in [-0.4, -0.2) is 15.3 Å². The average molecular weight is 180 g/mol. The average Bonchev–Trinajstić information content (AvgIpc) is 2.51. The van der Waals surface area contributed by atoms with Gasteiger partial charge in [0.15, 0.2) is 5.78 Å². The van der Waals surface area contributed by atoms with Crippen molar-refractivity contribution in [3.05, 3.63) is 18.2 Å². The molecule has 1 aromatic heterocycles. The number of aromatic nitrogens is 2. The molecule has 1 heterocycles. The molecule has 0 bridgehead atoms. The maximum atomic E-state index is 11.4. The van der Waals surface area contributed by atoms with Crippen LogP contribution in [0.2, 0.25) is 0 Å². The Balaban J connectivity index is 2.68. The van der Waals surface area contributed by atoms with Crippen molar-refractivity contribution in [1.29, 1.82) is 0 Å². The van der Waals surface area contributed by atoms with E-state index in [2.05, 4.69) is 4.98 Å². The summed E-state index contributed by atoms with van der Waals surface area (Å²) in [5.41, 5.74) is 0. The van der Waals surface area contributed by atoms with Crippen molar-refractivity contribution < 1.29 is 4.79 Å². The van der Waals surface area contributed by atoms with Crippen LogP contribution in [-0.2, 0) is 17.8 Å². The highest BCUT2D eigenvalue weighted by Gasteiger charge is 2.09. The third-order valence-corrected chi connectivity index (χ3v) is 2.09. The number of carbonyl (C=O) groups excluding carboxylic acids is 1. The second-order valence-electron chi connectivity index (χ2n) is 3.45. The van der Waals surface area contributed by atoms with Gasteiger partial charge < -0.3 is 4.57 Å². The standard InChI is InChI=1S/C10H16N2O/c1-4-10-11-5-6-12(10)7-9(13)8(2)3/h5-6,8H,4,7H2,1-3H3. The van der Waals surface area contributed by atoms with Crippen LogP contribution in [0.5, 0.6) is 0 Å². The van der Waals surface area contributed by atoms with Crippen molar-refractivity contribution in [1.82, 2.24) is 9.55 Å². The maximum absolute atomic E-state index is 11.4. The molecule has 0 atom stereocenters. The Bertz CT molecular complexity index is 289. The number of Topliss-reactive ketones (excluding diaryl/α,β-unsaturated/α-hetero) is 1. The predicted octanol–water partition coefficient (Wildman–Crippen LogP) is 1.67. The lowest BCUT2D eigenvalue weighted by molar-refractivity contribution is -0.122. The van der Waals surface area contributed by atoms with Gasteiger partial charge in [0.1, 0.15) is 5.82 Å². The first-order valence-corrected chi connectivity index (χ1v) is 4.67. The van der Waals surface area contributed by atoms with E-state index < -0.39 is 0 Å². The molecule has 0 saturated heterocycles. The van der Waals surface area contributed by atoms with E-state index >= 15 is 0 Å². The van der Waals surface area contributed by atoms with E-state index in [1.54, 1.807) is 6.20 Å². The molecule has 13 heavy (non-hydrogen) atoms. The first-order chi connectivity index (χ1) is 6.15. The molecule has 0 radical (unpaired) electrons. The molecule has 0 fully saturated rings. The lowest BCUT2D eigenvalue weighted by atomic mass is 10.1. The van der Waals surface area contributed by atoms with Crippen molar-refractivity contribution in [3.8, 4) is 0 Å². The molecule has 0 amide bonds. The normalized spacial score (nSPS) is 10.8. The smallest absolute Gasteiger partial charge is 0.155 e. The minimum Gasteiger partial charge on any atom is -0.328 e. The summed E-state index contributed by atoms with van der Waals surface area (Å²) in [5, 5.41) is 0. The van der Waals surface area contributed by atoms with Gasteiger partial charge in [0.25, 0.3) is 0 Å². The van der Waals surface area contributed by atoms with E-state index in [1.807, 2.05) is 31.5 Å². The fourth-order valence-electron chi connectivity index (χ4n) is 1.15. The predicted molar refractivity (Wildman–Crippen MR) is 51.5 cm³/mol.